The van der Waals surface area contributed by atoms with Crippen LogP contribution >= 0.6 is 11.3 Å². The highest BCUT2D eigenvalue weighted by atomic mass is 32.1. The largest absolute Gasteiger partial charge is 0.390 e. The number of aryl methyl sites for hydroxylation is 1. The summed E-state index contributed by atoms with van der Waals surface area (Å²) in [6.45, 7) is 0.0598. The van der Waals surface area contributed by atoms with Crippen molar-refractivity contribution in [1.29, 1.82) is 0 Å². The molecule has 0 unspecified atom stereocenters. The molecule has 9 heteroatoms. The smallest absolute Gasteiger partial charge is 0.287 e. The maximum Gasteiger partial charge on any atom is 0.287 e. The molecule has 6 nitrogen and oxygen atoms in total. The molecule has 0 aromatic carbocycles. The lowest BCUT2D eigenvalue weighted by molar-refractivity contribution is -0.0373. The van der Waals surface area contributed by atoms with E-state index in [0.717, 1.165) is 11.3 Å². The second kappa shape index (κ2) is 5.81. The van der Waals surface area contributed by atoms with Crippen LogP contribution in [0.2, 0.25) is 0 Å². The standard InChI is InChI=1S/C11H15F2N5OS/c1-2-6-3-7-8(15-4-11(12,13)5-19)16-10(18-14)17-9(7)20-6/h3,19H,2,4-5,14H2,1H3,(H2,15,16,17,18). The van der Waals surface area contributed by atoms with Gasteiger partial charge in [-0.2, -0.15) is 4.98 Å². The van der Waals surface area contributed by atoms with E-state index in [-0.39, 0.29) is 11.8 Å². The molecule has 5 N–H and O–H groups in total. The summed E-state index contributed by atoms with van der Waals surface area (Å²) in [7, 11) is 0. The number of anilines is 2. The zero-order chi connectivity index (χ0) is 14.8. The molecule has 2 aromatic heterocycles. The SMILES string of the molecule is CCc1cc2c(NCC(F)(F)CO)nc(NN)nc2s1. The number of halogens is 2. The molecule has 0 radical (unpaired) electrons. The molecule has 0 aliphatic carbocycles. The van der Waals surface area contributed by atoms with Crippen molar-refractivity contribution >= 4 is 33.3 Å². The fourth-order valence-corrected chi connectivity index (χ4v) is 2.58. The van der Waals surface area contributed by atoms with E-state index in [1.54, 1.807) is 0 Å². The topological polar surface area (TPSA) is 96.1 Å². The van der Waals surface area contributed by atoms with Gasteiger partial charge < -0.3 is 10.4 Å². The number of hydrogen-bond acceptors (Lipinski definition) is 7. The Morgan fingerprint density at radius 2 is 2.20 bits per heavy atom. The maximum absolute atomic E-state index is 13.1. The molecule has 0 fully saturated rings. The van der Waals surface area contributed by atoms with Crippen LogP contribution in [-0.4, -0.2) is 34.1 Å². The van der Waals surface area contributed by atoms with Gasteiger partial charge in [-0.25, -0.2) is 19.6 Å². The second-order valence-corrected chi connectivity index (χ2v) is 5.31. The highest BCUT2D eigenvalue weighted by Crippen LogP contribution is 2.30. The van der Waals surface area contributed by atoms with Crippen LogP contribution in [0.4, 0.5) is 20.5 Å². The number of nitrogen functional groups attached to an aromatic ring is 1. The van der Waals surface area contributed by atoms with Gasteiger partial charge in [0.15, 0.2) is 0 Å². The van der Waals surface area contributed by atoms with Gasteiger partial charge in [0.05, 0.1) is 11.9 Å². The normalized spacial score (nSPS) is 11.8. The molecule has 0 aliphatic rings. The summed E-state index contributed by atoms with van der Waals surface area (Å²) >= 11 is 1.46. The van der Waals surface area contributed by atoms with Crippen molar-refractivity contribution in [3.63, 3.8) is 0 Å². The minimum atomic E-state index is -3.21. The minimum absolute atomic E-state index is 0.150. The van der Waals surface area contributed by atoms with Crippen molar-refractivity contribution in [1.82, 2.24) is 9.97 Å². The van der Waals surface area contributed by atoms with Crippen LogP contribution < -0.4 is 16.6 Å². The predicted molar refractivity (Wildman–Crippen MR) is 75.1 cm³/mol. The number of fused-ring (bicyclic) bond motifs is 1. The highest BCUT2D eigenvalue weighted by molar-refractivity contribution is 7.18. The fourth-order valence-electron chi connectivity index (χ4n) is 1.61. The monoisotopic (exact) mass is 303 g/mol. The van der Waals surface area contributed by atoms with E-state index in [1.165, 1.54) is 11.3 Å². The third-order valence-electron chi connectivity index (χ3n) is 2.67. The van der Waals surface area contributed by atoms with Crippen molar-refractivity contribution in [2.75, 3.05) is 23.9 Å². The Bertz CT molecular complexity index is 604. The van der Waals surface area contributed by atoms with Crippen molar-refractivity contribution in [3.05, 3.63) is 10.9 Å². The average Bonchev–Trinajstić information content (AvgIpc) is 2.87. The van der Waals surface area contributed by atoms with Crippen LogP contribution in [-0.2, 0) is 6.42 Å². The fraction of sp³-hybridized carbons (Fsp3) is 0.455. The molecule has 2 rings (SSSR count). The lowest BCUT2D eigenvalue weighted by Gasteiger charge is -2.15. The quantitative estimate of drug-likeness (QED) is 0.478. The predicted octanol–water partition coefficient (Wildman–Crippen LogP) is 1.58. The number of nitrogens with one attached hydrogen (secondary N) is 2. The summed E-state index contributed by atoms with van der Waals surface area (Å²) in [6, 6.07) is 1.86. The number of aliphatic hydroxyl groups excluding tert-OH is 1. The molecule has 0 bridgehead atoms. The van der Waals surface area contributed by atoms with Gasteiger partial charge in [0.25, 0.3) is 5.92 Å². The number of rotatable bonds is 6. The van der Waals surface area contributed by atoms with E-state index < -0.39 is 19.1 Å². The van der Waals surface area contributed by atoms with Gasteiger partial charge in [0, 0.05) is 4.88 Å². The average molecular weight is 303 g/mol. The van der Waals surface area contributed by atoms with E-state index in [0.29, 0.717) is 10.2 Å². The van der Waals surface area contributed by atoms with Gasteiger partial charge in [-0.1, -0.05) is 6.92 Å². The molecule has 2 heterocycles. The van der Waals surface area contributed by atoms with E-state index in [1.807, 2.05) is 13.0 Å². The summed E-state index contributed by atoms with van der Waals surface area (Å²) in [5.41, 5.74) is 2.31. The number of nitrogens with zero attached hydrogens (tertiary/aromatic N) is 2. The zero-order valence-corrected chi connectivity index (χ0v) is 11.6. The first kappa shape index (κ1) is 14.8. The number of hydrazine groups is 1. The number of nitrogens with two attached hydrogens (primary N) is 1. The lowest BCUT2D eigenvalue weighted by Crippen LogP contribution is -2.31. The number of aliphatic hydroxyl groups is 1. The van der Waals surface area contributed by atoms with E-state index in [9.17, 15) is 8.78 Å². The molecule has 0 aliphatic heterocycles. The van der Waals surface area contributed by atoms with Crippen molar-refractivity contribution in [2.45, 2.75) is 19.3 Å². The van der Waals surface area contributed by atoms with Crippen LogP contribution in [0.15, 0.2) is 6.07 Å². The number of alkyl halides is 2. The molecule has 0 spiro atoms. The second-order valence-electron chi connectivity index (χ2n) is 4.19. The third kappa shape index (κ3) is 3.11. The van der Waals surface area contributed by atoms with E-state index in [2.05, 4.69) is 20.7 Å². The Morgan fingerprint density at radius 3 is 2.80 bits per heavy atom. The Morgan fingerprint density at radius 1 is 1.45 bits per heavy atom. The Balaban J connectivity index is 2.36. The maximum atomic E-state index is 13.1. The van der Waals surface area contributed by atoms with Crippen LogP contribution in [0.5, 0.6) is 0 Å². The molecular weight excluding hydrogens is 288 g/mol. The Kier molecular flexibility index (Phi) is 4.31. The van der Waals surface area contributed by atoms with Gasteiger partial charge in [0.2, 0.25) is 5.95 Å². The summed E-state index contributed by atoms with van der Waals surface area (Å²) in [5.74, 6) is 2.48. The first-order chi connectivity index (χ1) is 9.49. The van der Waals surface area contributed by atoms with Gasteiger partial charge in [-0.15, -0.1) is 11.3 Å². The van der Waals surface area contributed by atoms with Gasteiger partial charge >= 0.3 is 0 Å². The summed E-state index contributed by atoms with van der Waals surface area (Å²) < 4.78 is 26.2. The molecule has 0 atom stereocenters. The molecular formula is C11H15F2N5OS. The first-order valence-corrected chi connectivity index (χ1v) is 6.80. The Labute approximate surface area is 118 Å². The summed E-state index contributed by atoms with van der Waals surface area (Å²) in [6.07, 6.45) is 0.818. The van der Waals surface area contributed by atoms with Crippen LogP contribution in [0.25, 0.3) is 10.2 Å². The number of aromatic nitrogens is 2. The third-order valence-corrected chi connectivity index (χ3v) is 3.84. The van der Waals surface area contributed by atoms with E-state index in [4.69, 9.17) is 10.9 Å². The van der Waals surface area contributed by atoms with Crippen LogP contribution in [0, 0.1) is 0 Å². The lowest BCUT2D eigenvalue weighted by atomic mass is 10.3. The number of hydrogen-bond donors (Lipinski definition) is 4. The Hall–Kier alpha value is -1.58. The van der Waals surface area contributed by atoms with Crippen molar-refractivity contribution in [3.8, 4) is 0 Å². The highest BCUT2D eigenvalue weighted by Gasteiger charge is 2.28. The molecule has 110 valence electrons. The van der Waals surface area contributed by atoms with Crippen molar-refractivity contribution in [2.24, 2.45) is 5.84 Å². The molecule has 0 saturated carbocycles. The summed E-state index contributed by atoms with van der Waals surface area (Å²) in [5, 5.41) is 11.8. The van der Waals surface area contributed by atoms with Gasteiger partial charge in [-0.05, 0) is 12.5 Å². The molecule has 2 aromatic rings. The molecule has 20 heavy (non-hydrogen) atoms. The first-order valence-electron chi connectivity index (χ1n) is 5.98. The molecule has 0 saturated heterocycles. The van der Waals surface area contributed by atoms with Crippen molar-refractivity contribution < 1.29 is 13.9 Å². The number of thiophene rings is 1. The van der Waals surface area contributed by atoms with E-state index >= 15 is 0 Å². The van der Waals surface area contributed by atoms with Gasteiger partial charge in [-0.3, -0.25) is 5.43 Å². The minimum Gasteiger partial charge on any atom is -0.390 e. The van der Waals surface area contributed by atoms with Crippen LogP contribution in [0.3, 0.4) is 0 Å². The van der Waals surface area contributed by atoms with Gasteiger partial charge in [0.1, 0.15) is 17.3 Å². The van der Waals surface area contributed by atoms with Crippen LogP contribution in [0.1, 0.15) is 11.8 Å². The summed E-state index contributed by atoms with van der Waals surface area (Å²) in [4.78, 5) is 9.96. The molecule has 0 amide bonds. The zero-order valence-electron chi connectivity index (χ0n) is 10.8.